The standard InChI is InChI=1S/C19H15BrFNO3/c20-11-5-6-13-16(9-11)25-18(17(13)19(22)23)10-4-7-15(14(21)8-10)24-12-2-1-3-12/h4-9,12H,1-3H2,(H2,22,23). The Morgan fingerprint density at radius 3 is 2.68 bits per heavy atom. The molecular weight excluding hydrogens is 389 g/mol. The summed E-state index contributed by atoms with van der Waals surface area (Å²) in [4.78, 5) is 11.9. The van der Waals surface area contributed by atoms with Crippen LogP contribution in [0.15, 0.2) is 45.3 Å². The Morgan fingerprint density at radius 2 is 2.04 bits per heavy atom. The van der Waals surface area contributed by atoms with Gasteiger partial charge in [-0.3, -0.25) is 4.79 Å². The maximum absolute atomic E-state index is 14.4. The Hall–Kier alpha value is -2.34. The fraction of sp³-hybridized carbons (Fsp3) is 0.211. The number of furan rings is 1. The van der Waals surface area contributed by atoms with Gasteiger partial charge in [-0.2, -0.15) is 0 Å². The highest BCUT2D eigenvalue weighted by molar-refractivity contribution is 9.10. The third-order valence-electron chi connectivity index (χ3n) is 4.44. The van der Waals surface area contributed by atoms with Crippen molar-refractivity contribution >= 4 is 32.8 Å². The average Bonchev–Trinajstić information content (AvgIpc) is 2.90. The van der Waals surface area contributed by atoms with Crippen LogP contribution in [0.25, 0.3) is 22.3 Å². The average molecular weight is 404 g/mol. The Bertz CT molecular complexity index is 978. The summed E-state index contributed by atoms with van der Waals surface area (Å²) in [6.45, 7) is 0. The third kappa shape index (κ3) is 2.91. The van der Waals surface area contributed by atoms with Crippen LogP contribution in [0.3, 0.4) is 0 Å². The van der Waals surface area contributed by atoms with Crippen molar-refractivity contribution in [2.45, 2.75) is 25.4 Å². The molecule has 0 bridgehead atoms. The molecule has 0 unspecified atom stereocenters. The minimum absolute atomic E-state index is 0.0880. The molecular formula is C19H15BrFNO3. The Morgan fingerprint density at radius 1 is 1.24 bits per heavy atom. The second-order valence-electron chi connectivity index (χ2n) is 6.13. The summed E-state index contributed by atoms with van der Waals surface area (Å²) in [6.07, 6.45) is 3.10. The fourth-order valence-corrected chi connectivity index (χ4v) is 3.26. The lowest BCUT2D eigenvalue weighted by Gasteiger charge is -2.26. The smallest absolute Gasteiger partial charge is 0.253 e. The van der Waals surface area contributed by atoms with Gasteiger partial charge in [0.1, 0.15) is 11.3 Å². The number of benzene rings is 2. The molecule has 1 amide bonds. The zero-order valence-corrected chi connectivity index (χ0v) is 14.8. The van der Waals surface area contributed by atoms with Gasteiger partial charge in [-0.1, -0.05) is 15.9 Å². The minimum atomic E-state index is -0.619. The van der Waals surface area contributed by atoms with Gasteiger partial charge in [-0.15, -0.1) is 0 Å². The first-order valence-corrected chi connectivity index (χ1v) is 8.80. The fourth-order valence-electron chi connectivity index (χ4n) is 2.92. The Balaban J connectivity index is 1.79. The molecule has 3 aromatic rings. The van der Waals surface area contributed by atoms with E-state index in [9.17, 15) is 9.18 Å². The number of nitrogens with two attached hydrogens (primary N) is 1. The van der Waals surface area contributed by atoms with Gasteiger partial charge in [0, 0.05) is 15.4 Å². The van der Waals surface area contributed by atoms with Crippen molar-refractivity contribution in [3.05, 3.63) is 52.3 Å². The molecule has 0 aliphatic heterocycles. The number of hydrogen-bond acceptors (Lipinski definition) is 3. The van der Waals surface area contributed by atoms with Crippen LogP contribution in [0.1, 0.15) is 29.6 Å². The molecule has 1 heterocycles. The second kappa shape index (κ2) is 6.19. The first-order chi connectivity index (χ1) is 12.0. The molecule has 1 aromatic heterocycles. The van der Waals surface area contributed by atoms with Crippen molar-refractivity contribution in [1.82, 2.24) is 0 Å². The summed E-state index contributed by atoms with van der Waals surface area (Å²) in [5, 5.41) is 0.598. The molecule has 0 radical (unpaired) electrons. The molecule has 1 saturated carbocycles. The van der Waals surface area contributed by atoms with Crippen molar-refractivity contribution < 1.29 is 18.3 Å². The third-order valence-corrected chi connectivity index (χ3v) is 4.93. The molecule has 4 nitrogen and oxygen atoms in total. The first-order valence-electron chi connectivity index (χ1n) is 8.01. The van der Waals surface area contributed by atoms with Crippen molar-refractivity contribution in [3.63, 3.8) is 0 Å². The monoisotopic (exact) mass is 403 g/mol. The molecule has 0 atom stereocenters. The van der Waals surface area contributed by atoms with Gasteiger partial charge in [0.2, 0.25) is 0 Å². The van der Waals surface area contributed by atoms with Gasteiger partial charge in [0.15, 0.2) is 11.6 Å². The number of ether oxygens (including phenoxy) is 1. The molecule has 2 aromatic carbocycles. The van der Waals surface area contributed by atoms with Crippen LogP contribution in [0.2, 0.25) is 0 Å². The first kappa shape index (κ1) is 16.1. The highest BCUT2D eigenvalue weighted by Crippen LogP contribution is 2.36. The van der Waals surface area contributed by atoms with Crippen molar-refractivity contribution in [3.8, 4) is 17.1 Å². The number of hydrogen-bond donors (Lipinski definition) is 1. The summed E-state index contributed by atoms with van der Waals surface area (Å²) >= 11 is 3.36. The number of primary amides is 1. The topological polar surface area (TPSA) is 65.5 Å². The van der Waals surface area contributed by atoms with Crippen LogP contribution in [-0.2, 0) is 0 Å². The van der Waals surface area contributed by atoms with E-state index in [1.54, 1.807) is 30.3 Å². The zero-order valence-electron chi connectivity index (χ0n) is 13.2. The molecule has 1 aliphatic rings. The lowest BCUT2D eigenvalue weighted by atomic mass is 9.96. The highest BCUT2D eigenvalue weighted by atomic mass is 79.9. The van der Waals surface area contributed by atoms with Crippen molar-refractivity contribution in [2.24, 2.45) is 5.73 Å². The van der Waals surface area contributed by atoms with Gasteiger partial charge in [-0.25, -0.2) is 4.39 Å². The van der Waals surface area contributed by atoms with Gasteiger partial charge in [-0.05, 0) is 55.7 Å². The molecule has 0 spiro atoms. The molecule has 0 saturated heterocycles. The quantitative estimate of drug-likeness (QED) is 0.663. The lowest BCUT2D eigenvalue weighted by molar-refractivity contribution is 0.100. The van der Waals surface area contributed by atoms with Crippen LogP contribution in [0.5, 0.6) is 5.75 Å². The maximum Gasteiger partial charge on any atom is 0.253 e. The van der Waals surface area contributed by atoms with E-state index in [1.807, 2.05) is 0 Å². The van der Waals surface area contributed by atoms with Gasteiger partial charge in [0.05, 0.1) is 11.7 Å². The normalized spacial score (nSPS) is 14.5. The summed E-state index contributed by atoms with van der Waals surface area (Å²) in [5.41, 5.74) is 6.73. The van der Waals surface area contributed by atoms with E-state index in [-0.39, 0.29) is 23.2 Å². The van der Waals surface area contributed by atoms with Crippen LogP contribution in [0.4, 0.5) is 4.39 Å². The predicted molar refractivity (Wildman–Crippen MR) is 96.1 cm³/mol. The SMILES string of the molecule is NC(=O)c1c(-c2ccc(OC3CCC3)c(F)c2)oc2cc(Br)ccc12. The molecule has 1 fully saturated rings. The molecule has 128 valence electrons. The van der Waals surface area contributed by atoms with E-state index in [1.165, 1.54) is 6.07 Å². The lowest BCUT2D eigenvalue weighted by Crippen LogP contribution is -2.24. The van der Waals surface area contributed by atoms with Crippen molar-refractivity contribution in [1.29, 1.82) is 0 Å². The predicted octanol–water partition coefficient (Wildman–Crippen LogP) is 5.03. The summed E-state index contributed by atoms with van der Waals surface area (Å²) in [6, 6.07) is 9.84. The van der Waals surface area contributed by atoms with E-state index in [4.69, 9.17) is 14.9 Å². The van der Waals surface area contributed by atoms with Crippen LogP contribution < -0.4 is 10.5 Å². The molecule has 4 rings (SSSR count). The number of carbonyl (C=O) groups excluding carboxylic acids is 1. The van der Waals surface area contributed by atoms with Crippen LogP contribution >= 0.6 is 15.9 Å². The second-order valence-corrected chi connectivity index (χ2v) is 7.04. The van der Waals surface area contributed by atoms with E-state index in [0.29, 0.717) is 16.5 Å². The summed E-state index contributed by atoms with van der Waals surface area (Å²) in [7, 11) is 0. The number of rotatable bonds is 4. The highest BCUT2D eigenvalue weighted by Gasteiger charge is 2.23. The van der Waals surface area contributed by atoms with Crippen molar-refractivity contribution in [2.75, 3.05) is 0 Å². The van der Waals surface area contributed by atoms with E-state index >= 15 is 0 Å². The molecule has 6 heteroatoms. The summed E-state index contributed by atoms with van der Waals surface area (Å²) < 4.78 is 26.6. The number of halogens is 2. The van der Waals surface area contributed by atoms with Gasteiger partial charge < -0.3 is 14.9 Å². The van der Waals surface area contributed by atoms with E-state index < -0.39 is 11.7 Å². The maximum atomic E-state index is 14.4. The summed E-state index contributed by atoms with van der Waals surface area (Å²) in [5.74, 6) is -0.629. The molecule has 2 N–H and O–H groups in total. The number of fused-ring (bicyclic) bond motifs is 1. The van der Waals surface area contributed by atoms with E-state index in [0.717, 1.165) is 23.7 Å². The zero-order chi connectivity index (χ0) is 17.6. The molecule has 1 aliphatic carbocycles. The Labute approximate surface area is 151 Å². The van der Waals surface area contributed by atoms with Crippen LogP contribution in [-0.4, -0.2) is 12.0 Å². The van der Waals surface area contributed by atoms with E-state index in [2.05, 4.69) is 15.9 Å². The number of amides is 1. The van der Waals surface area contributed by atoms with Crippen LogP contribution in [0, 0.1) is 5.82 Å². The van der Waals surface area contributed by atoms with Gasteiger partial charge >= 0.3 is 0 Å². The largest absolute Gasteiger partial charge is 0.487 e. The van der Waals surface area contributed by atoms with Gasteiger partial charge in [0.25, 0.3) is 5.91 Å². The Kier molecular flexibility index (Phi) is 4.00. The number of carbonyl (C=O) groups is 1. The molecule has 25 heavy (non-hydrogen) atoms. The minimum Gasteiger partial charge on any atom is -0.487 e.